The van der Waals surface area contributed by atoms with Gasteiger partial charge in [0.05, 0.1) is 21.3 Å². The molecule has 10 heteroatoms. The van der Waals surface area contributed by atoms with Crippen molar-refractivity contribution in [3.63, 3.8) is 0 Å². The highest BCUT2D eigenvalue weighted by atomic mass is 32.1. The van der Waals surface area contributed by atoms with Gasteiger partial charge in [0.15, 0.2) is 16.6 Å². The zero-order valence-electron chi connectivity index (χ0n) is 16.9. The summed E-state index contributed by atoms with van der Waals surface area (Å²) in [6, 6.07) is 12.6. The van der Waals surface area contributed by atoms with Crippen LogP contribution in [-0.4, -0.2) is 38.4 Å². The number of methoxy groups -OCH3 is 3. The minimum absolute atomic E-state index is 0.0171. The van der Waals surface area contributed by atoms with Gasteiger partial charge in [-0.25, -0.2) is 10.9 Å². The molecule has 0 aromatic heterocycles. The van der Waals surface area contributed by atoms with E-state index in [9.17, 15) is 4.79 Å². The lowest BCUT2D eigenvalue weighted by atomic mass is 10.0. The second-order valence-electron chi connectivity index (χ2n) is 6.54. The van der Waals surface area contributed by atoms with Crippen LogP contribution in [0.1, 0.15) is 18.0 Å². The predicted molar refractivity (Wildman–Crippen MR) is 117 cm³/mol. The molecule has 5 N–H and O–H groups in total. The molecule has 0 radical (unpaired) electrons. The summed E-state index contributed by atoms with van der Waals surface area (Å²) in [7, 11) is 4.75. The van der Waals surface area contributed by atoms with E-state index in [2.05, 4.69) is 27.0 Å². The van der Waals surface area contributed by atoms with E-state index < -0.39 is 6.04 Å². The number of carbonyl (C=O) groups excluding carboxylic acids is 1. The van der Waals surface area contributed by atoms with Crippen molar-refractivity contribution >= 4 is 28.9 Å². The number of amides is 1. The molecule has 0 bridgehead atoms. The van der Waals surface area contributed by atoms with Crippen LogP contribution in [0.4, 0.5) is 5.69 Å². The molecule has 160 valence electrons. The van der Waals surface area contributed by atoms with Crippen LogP contribution in [0.5, 0.6) is 17.2 Å². The van der Waals surface area contributed by atoms with Gasteiger partial charge >= 0.3 is 0 Å². The minimum atomic E-state index is -0.409. The molecule has 0 spiro atoms. The predicted octanol–water partition coefficient (Wildman–Crippen LogP) is 1.64. The highest BCUT2D eigenvalue weighted by molar-refractivity contribution is 7.80. The molecule has 9 nitrogen and oxygen atoms in total. The van der Waals surface area contributed by atoms with Gasteiger partial charge in [-0.15, -0.1) is 0 Å². The van der Waals surface area contributed by atoms with Crippen molar-refractivity contribution in [3.05, 3.63) is 48.0 Å². The fourth-order valence-corrected chi connectivity index (χ4v) is 3.23. The normalized spacial score (nSPS) is 17.7. The lowest BCUT2D eigenvalue weighted by molar-refractivity contribution is -0.123. The lowest BCUT2D eigenvalue weighted by Gasteiger charge is -2.15. The summed E-state index contributed by atoms with van der Waals surface area (Å²) in [5.74, 6) is 1.75. The number of benzene rings is 2. The van der Waals surface area contributed by atoms with Crippen molar-refractivity contribution in [2.75, 3.05) is 26.6 Å². The van der Waals surface area contributed by atoms with Crippen LogP contribution in [0.3, 0.4) is 0 Å². The molecule has 2 atom stereocenters. The van der Waals surface area contributed by atoms with Crippen LogP contribution in [0.25, 0.3) is 0 Å². The summed E-state index contributed by atoms with van der Waals surface area (Å²) >= 11 is 5.24. The van der Waals surface area contributed by atoms with Crippen molar-refractivity contribution in [1.29, 1.82) is 0 Å². The molecule has 2 unspecified atom stereocenters. The van der Waals surface area contributed by atoms with Gasteiger partial charge in [-0.1, -0.05) is 12.1 Å². The molecule has 1 aliphatic rings. The average molecular weight is 432 g/mol. The first kappa shape index (κ1) is 21.6. The number of nitrogens with one attached hydrogen (secondary N) is 5. The highest BCUT2D eigenvalue weighted by Gasteiger charge is 2.30. The average Bonchev–Trinajstić information content (AvgIpc) is 3.28. The van der Waals surface area contributed by atoms with E-state index in [1.54, 1.807) is 39.5 Å². The number of ether oxygens (including phenoxy) is 3. The summed E-state index contributed by atoms with van der Waals surface area (Å²) in [4.78, 5) is 12.4. The Kier molecular flexibility index (Phi) is 7.28. The number of rotatable bonds is 6. The van der Waals surface area contributed by atoms with Crippen molar-refractivity contribution in [2.24, 2.45) is 0 Å². The largest absolute Gasteiger partial charge is 0.497 e. The molecule has 0 aliphatic carbocycles. The summed E-state index contributed by atoms with van der Waals surface area (Å²) < 4.78 is 15.6. The van der Waals surface area contributed by atoms with Crippen LogP contribution in [0.15, 0.2) is 42.5 Å². The number of hydrazine groups is 2. The Hall–Kier alpha value is -3.08. The Morgan fingerprint density at radius 3 is 2.37 bits per heavy atom. The highest BCUT2D eigenvalue weighted by Crippen LogP contribution is 2.29. The van der Waals surface area contributed by atoms with E-state index >= 15 is 0 Å². The third-order valence-electron chi connectivity index (χ3n) is 4.68. The van der Waals surface area contributed by atoms with E-state index in [4.69, 9.17) is 26.4 Å². The summed E-state index contributed by atoms with van der Waals surface area (Å²) in [5.41, 5.74) is 13.2. The van der Waals surface area contributed by atoms with Crippen LogP contribution in [-0.2, 0) is 4.79 Å². The second-order valence-corrected chi connectivity index (χ2v) is 6.95. The lowest BCUT2D eigenvalue weighted by Crippen LogP contribution is -2.51. The second kappa shape index (κ2) is 10.1. The van der Waals surface area contributed by atoms with Gasteiger partial charge in [-0.05, 0) is 48.5 Å². The molecule has 0 saturated carbocycles. The first-order valence-electron chi connectivity index (χ1n) is 9.28. The number of thiocarbonyl (C=S) groups is 1. The Morgan fingerprint density at radius 1 is 0.967 bits per heavy atom. The summed E-state index contributed by atoms with van der Waals surface area (Å²) in [6.07, 6.45) is 0.593. The maximum Gasteiger partial charge on any atom is 0.256 e. The fraction of sp³-hybridized carbons (Fsp3) is 0.300. The molecule has 1 fully saturated rings. The molecule has 1 amide bonds. The Balaban J connectivity index is 1.47. The van der Waals surface area contributed by atoms with Crippen molar-refractivity contribution in [1.82, 2.24) is 21.7 Å². The van der Waals surface area contributed by atoms with E-state index in [0.717, 1.165) is 11.3 Å². The molecular formula is C20H25N5O4S. The molecular weight excluding hydrogens is 406 g/mol. The van der Waals surface area contributed by atoms with Gasteiger partial charge in [0.25, 0.3) is 5.91 Å². The monoisotopic (exact) mass is 431 g/mol. The molecule has 2 aromatic carbocycles. The van der Waals surface area contributed by atoms with Crippen LogP contribution >= 0.6 is 12.2 Å². The van der Waals surface area contributed by atoms with Gasteiger partial charge in [0.2, 0.25) is 0 Å². The zero-order chi connectivity index (χ0) is 21.5. The molecule has 30 heavy (non-hydrogen) atoms. The first-order valence-corrected chi connectivity index (χ1v) is 9.68. The van der Waals surface area contributed by atoms with Crippen molar-refractivity contribution < 1.29 is 19.0 Å². The van der Waals surface area contributed by atoms with E-state index in [1.807, 2.05) is 24.3 Å². The van der Waals surface area contributed by atoms with Gasteiger partial charge in [0, 0.05) is 17.8 Å². The number of hydrogen-bond acceptors (Lipinski definition) is 7. The van der Waals surface area contributed by atoms with Gasteiger partial charge < -0.3 is 19.5 Å². The quantitative estimate of drug-likeness (QED) is 0.345. The third kappa shape index (κ3) is 5.29. The van der Waals surface area contributed by atoms with Gasteiger partial charge in [-0.2, -0.15) is 0 Å². The van der Waals surface area contributed by atoms with Gasteiger partial charge in [-0.3, -0.25) is 15.6 Å². The van der Waals surface area contributed by atoms with Gasteiger partial charge in [0.1, 0.15) is 11.8 Å². The summed E-state index contributed by atoms with van der Waals surface area (Å²) in [6.45, 7) is 0. The SMILES string of the molecule is COc1ccc(C2CC(C(=O)NNC(=S)Nc3ccc(OC)c(OC)c3)NN2)cc1. The molecule has 3 rings (SSSR count). The van der Waals surface area contributed by atoms with Crippen LogP contribution in [0.2, 0.25) is 0 Å². The van der Waals surface area contributed by atoms with Crippen LogP contribution in [0, 0.1) is 0 Å². The number of anilines is 1. The Morgan fingerprint density at radius 2 is 1.70 bits per heavy atom. The van der Waals surface area contributed by atoms with Crippen LogP contribution < -0.4 is 41.2 Å². The molecule has 1 saturated heterocycles. The molecule has 1 heterocycles. The first-order chi connectivity index (χ1) is 14.5. The Bertz CT molecular complexity index is 893. The maximum absolute atomic E-state index is 12.4. The van der Waals surface area contributed by atoms with E-state index in [-0.39, 0.29) is 17.1 Å². The standard InChI is InChI=1S/C20H25N5O4S/c1-27-14-7-4-12(5-8-14)15-11-16(23-22-15)19(26)24-25-20(30)21-13-6-9-17(28-2)18(10-13)29-3/h4-10,15-16,22-23H,11H2,1-3H3,(H,24,26)(H2,21,25,30). The zero-order valence-corrected chi connectivity index (χ0v) is 17.8. The number of carbonyl (C=O) groups is 1. The van der Waals surface area contributed by atoms with E-state index in [0.29, 0.717) is 23.6 Å². The van der Waals surface area contributed by atoms with Crippen molar-refractivity contribution in [3.8, 4) is 17.2 Å². The smallest absolute Gasteiger partial charge is 0.256 e. The minimum Gasteiger partial charge on any atom is -0.497 e. The number of hydrogen-bond donors (Lipinski definition) is 5. The molecule has 1 aliphatic heterocycles. The van der Waals surface area contributed by atoms with Crippen molar-refractivity contribution in [2.45, 2.75) is 18.5 Å². The van der Waals surface area contributed by atoms with E-state index in [1.165, 1.54) is 0 Å². The fourth-order valence-electron chi connectivity index (χ4n) is 3.06. The summed E-state index contributed by atoms with van der Waals surface area (Å²) in [5, 5.41) is 3.23. The third-order valence-corrected chi connectivity index (χ3v) is 4.88. The Labute approximate surface area is 180 Å². The molecule has 2 aromatic rings. The topological polar surface area (TPSA) is 105 Å². The maximum atomic E-state index is 12.4.